The van der Waals surface area contributed by atoms with Crippen LogP contribution < -0.4 is 0 Å². The third-order valence-corrected chi connectivity index (χ3v) is 4.10. The molecule has 0 spiro atoms. The molecule has 0 aliphatic heterocycles. The molecular weight excluding hydrogens is 244 g/mol. The SMILES string of the molecule is Cc1cccc(N=Cc2ccn(C3CCCCC3)c2)c1. The maximum Gasteiger partial charge on any atom is 0.0632 e. The molecule has 0 bridgehead atoms. The summed E-state index contributed by atoms with van der Waals surface area (Å²) in [6.07, 6.45) is 13.2. The van der Waals surface area contributed by atoms with Gasteiger partial charge in [-0.3, -0.25) is 4.99 Å². The summed E-state index contributed by atoms with van der Waals surface area (Å²) in [7, 11) is 0. The average molecular weight is 266 g/mol. The second kappa shape index (κ2) is 6.08. The van der Waals surface area contributed by atoms with Crippen LogP contribution in [0, 0.1) is 6.92 Å². The minimum absolute atomic E-state index is 0.699. The van der Waals surface area contributed by atoms with Crippen molar-refractivity contribution in [3.8, 4) is 0 Å². The molecule has 2 aromatic rings. The highest BCUT2D eigenvalue weighted by molar-refractivity contribution is 5.81. The molecule has 0 unspecified atom stereocenters. The fraction of sp³-hybridized carbons (Fsp3) is 0.389. The van der Waals surface area contributed by atoms with E-state index < -0.39 is 0 Å². The van der Waals surface area contributed by atoms with Crippen molar-refractivity contribution in [2.75, 3.05) is 0 Å². The van der Waals surface area contributed by atoms with Gasteiger partial charge in [0.05, 0.1) is 5.69 Å². The second-order valence-corrected chi connectivity index (χ2v) is 5.78. The van der Waals surface area contributed by atoms with Crippen molar-refractivity contribution in [1.29, 1.82) is 0 Å². The number of benzene rings is 1. The van der Waals surface area contributed by atoms with Crippen molar-refractivity contribution in [3.63, 3.8) is 0 Å². The fourth-order valence-corrected chi connectivity index (χ4v) is 2.97. The van der Waals surface area contributed by atoms with Gasteiger partial charge >= 0.3 is 0 Å². The molecule has 0 radical (unpaired) electrons. The Labute approximate surface area is 121 Å². The molecule has 1 aromatic heterocycles. The first-order valence-electron chi connectivity index (χ1n) is 7.59. The van der Waals surface area contributed by atoms with E-state index >= 15 is 0 Å². The van der Waals surface area contributed by atoms with Crippen LogP contribution in [0.25, 0.3) is 0 Å². The van der Waals surface area contributed by atoms with Crippen LogP contribution in [0.2, 0.25) is 0 Å². The quantitative estimate of drug-likeness (QED) is 0.691. The van der Waals surface area contributed by atoms with Crippen LogP contribution in [0.3, 0.4) is 0 Å². The predicted octanol–water partition coefficient (Wildman–Crippen LogP) is 5.05. The Kier molecular flexibility index (Phi) is 4.00. The molecule has 1 heterocycles. The van der Waals surface area contributed by atoms with Crippen LogP contribution >= 0.6 is 0 Å². The predicted molar refractivity (Wildman–Crippen MR) is 85.0 cm³/mol. The Morgan fingerprint density at radius 3 is 2.80 bits per heavy atom. The molecule has 1 aliphatic rings. The zero-order valence-corrected chi connectivity index (χ0v) is 12.1. The largest absolute Gasteiger partial charge is 0.351 e. The Bertz CT molecular complexity index is 589. The topological polar surface area (TPSA) is 17.3 Å². The summed E-state index contributed by atoms with van der Waals surface area (Å²) in [6, 6.07) is 11.2. The third kappa shape index (κ3) is 3.19. The van der Waals surface area contributed by atoms with Gasteiger partial charge in [0.25, 0.3) is 0 Å². The first kappa shape index (κ1) is 13.2. The molecule has 1 aliphatic carbocycles. The Morgan fingerprint density at radius 2 is 2.00 bits per heavy atom. The Morgan fingerprint density at radius 1 is 1.15 bits per heavy atom. The summed E-state index contributed by atoms with van der Waals surface area (Å²) in [5, 5.41) is 0. The van der Waals surface area contributed by atoms with E-state index in [1.165, 1.54) is 43.2 Å². The van der Waals surface area contributed by atoms with E-state index in [0.717, 1.165) is 5.69 Å². The molecule has 0 saturated heterocycles. The highest BCUT2D eigenvalue weighted by atomic mass is 15.0. The minimum atomic E-state index is 0.699. The van der Waals surface area contributed by atoms with Crippen LogP contribution in [0.5, 0.6) is 0 Å². The van der Waals surface area contributed by atoms with Gasteiger partial charge in [-0.1, -0.05) is 31.4 Å². The highest BCUT2D eigenvalue weighted by Crippen LogP contribution is 2.28. The second-order valence-electron chi connectivity index (χ2n) is 5.78. The van der Waals surface area contributed by atoms with E-state index in [1.54, 1.807) is 0 Å². The maximum absolute atomic E-state index is 4.56. The molecule has 0 atom stereocenters. The zero-order valence-electron chi connectivity index (χ0n) is 12.1. The van der Waals surface area contributed by atoms with E-state index in [2.05, 4.69) is 53.1 Å². The maximum atomic E-state index is 4.56. The Balaban J connectivity index is 1.70. The van der Waals surface area contributed by atoms with Crippen LogP contribution in [-0.4, -0.2) is 10.8 Å². The number of nitrogens with zero attached hydrogens (tertiary/aromatic N) is 2. The van der Waals surface area contributed by atoms with Gasteiger partial charge in [-0.25, -0.2) is 0 Å². The number of rotatable bonds is 3. The highest BCUT2D eigenvalue weighted by Gasteiger charge is 2.14. The van der Waals surface area contributed by atoms with Crippen LogP contribution in [0.15, 0.2) is 47.7 Å². The molecule has 20 heavy (non-hydrogen) atoms. The molecule has 2 heteroatoms. The fourth-order valence-electron chi connectivity index (χ4n) is 2.97. The van der Waals surface area contributed by atoms with E-state index in [9.17, 15) is 0 Å². The zero-order chi connectivity index (χ0) is 13.8. The van der Waals surface area contributed by atoms with Crippen LogP contribution in [0.4, 0.5) is 5.69 Å². The average Bonchev–Trinajstić information content (AvgIpc) is 2.95. The van der Waals surface area contributed by atoms with Gasteiger partial charge in [-0.2, -0.15) is 0 Å². The number of aryl methyl sites for hydroxylation is 1. The number of aromatic nitrogens is 1. The van der Waals surface area contributed by atoms with Crippen molar-refractivity contribution in [2.45, 2.75) is 45.1 Å². The summed E-state index contributed by atoms with van der Waals surface area (Å²) in [6.45, 7) is 2.10. The van der Waals surface area contributed by atoms with E-state index in [-0.39, 0.29) is 0 Å². The minimum Gasteiger partial charge on any atom is -0.351 e. The smallest absolute Gasteiger partial charge is 0.0632 e. The molecule has 104 valence electrons. The number of hydrogen-bond donors (Lipinski definition) is 0. The van der Waals surface area contributed by atoms with Gasteiger partial charge in [0.2, 0.25) is 0 Å². The van der Waals surface area contributed by atoms with Crippen molar-refractivity contribution in [1.82, 2.24) is 4.57 Å². The molecular formula is C18H22N2. The van der Waals surface area contributed by atoms with Crippen molar-refractivity contribution < 1.29 is 0 Å². The summed E-state index contributed by atoms with van der Waals surface area (Å²) in [5.41, 5.74) is 3.46. The van der Waals surface area contributed by atoms with Crippen molar-refractivity contribution in [3.05, 3.63) is 53.9 Å². The normalized spacial score (nSPS) is 16.9. The first-order valence-corrected chi connectivity index (χ1v) is 7.59. The van der Waals surface area contributed by atoms with Crippen LogP contribution in [-0.2, 0) is 0 Å². The lowest BCUT2D eigenvalue weighted by atomic mass is 9.95. The first-order chi connectivity index (χ1) is 9.81. The molecule has 1 aromatic carbocycles. The van der Waals surface area contributed by atoms with Gasteiger partial charge in [0.1, 0.15) is 0 Å². The molecule has 0 N–H and O–H groups in total. The monoisotopic (exact) mass is 266 g/mol. The Hall–Kier alpha value is -1.83. The lowest BCUT2D eigenvalue weighted by molar-refractivity contribution is 0.354. The van der Waals surface area contributed by atoms with Crippen LogP contribution in [0.1, 0.15) is 49.3 Å². The van der Waals surface area contributed by atoms with Gasteiger partial charge in [0.15, 0.2) is 0 Å². The van der Waals surface area contributed by atoms with Gasteiger partial charge in [0, 0.05) is 30.2 Å². The van der Waals surface area contributed by atoms with E-state index in [1.807, 2.05) is 12.3 Å². The van der Waals surface area contributed by atoms with Gasteiger partial charge in [-0.05, 0) is 43.5 Å². The van der Waals surface area contributed by atoms with Gasteiger partial charge < -0.3 is 4.57 Å². The summed E-state index contributed by atoms with van der Waals surface area (Å²) in [5.74, 6) is 0. The molecule has 1 fully saturated rings. The van der Waals surface area contributed by atoms with E-state index in [4.69, 9.17) is 0 Å². The summed E-state index contributed by atoms with van der Waals surface area (Å²) >= 11 is 0. The number of hydrogen-bond acceptors (Lipinski definition) is 1. The molecule has 3 rings (SSSR count). The molecule has 1 saturated carbocycles. The van der Waals surface area contributed by atoms with E-state index in [0.29, 0.717) is 6.04 Å². The standard InChI is InChI=1S/C18H22N2/c1-15-6-5-7-17(12-15)19-13-16-10-11-20(14-16)18-8-3-2-4-9-18/h5-7,10-14,18H,2-4,8-9H2,1H3. The summed E-state index contributed by atoms with van der Waals surface area (Å²) in [4.78, 5) is 4.56. The number of aliphatic imine (C=N–C) groups is 1. The lowest BCUT2D eigenvalue weighted by Crippen LogP contribution is -2.10. The molecule has 2 nitrogen and oxygen atoms in total. The molecule has 0 amide bonds. The summed E-state index contributed by atoms with van der Waals surface area (Å²) < 4.78 is 2.37. The van der Waals surface area contributed by atoms with Gasteiger partial charge in [-0.15, -0.1) is 0 Å². The lowest BCUT2D eigenvalue weighted by Gasteiger charge is -2.23. The van der Waals surface area contributed by atoms with Crippen molar-refractivity contribution >= 4 is 11.9 Å². The third-order valence-electron chi connectivity index (χ3n) is 4.10. The van der Waals surface area contributed by atoms with Crippen molar-refractivity contribution in [2.24, 2.45) is 4.99 Å².